The van der Waals surface area contributed by atoms with Crippen LogP contribution in [0.25, 0.3) is 11.1 Å². The molecule has 0 aliphatic heterocycles. The molecule has 0 spiro atoms. The molecule has 15 heavy (non-hydrogen) atoms. The van der Waals surface area contributed by atoms with Crippen LogP contribution in [0.2, 0.25) is 0 Å². The molecule has 1 aromatic carbocycles. The Balaban J connectivity index is 2.49. The summed E-state index contributed by atoms with van der Waals surface area (Å²) in [6, 6.07) is 10.5. The normalized spacial score (nSPS) is 10.3. The third-order valence-corrected chi connectivity index (χ3v) is 2.89. The first-order valence-electron chi connectivity index (χ1n) is 4.86. The number of aromatic nitrogens is 1. The van der Waals surface area contributed by atoms with Crippen molar-refractivity contribution < 1.29 is 0 Å². The van der Waals surface area contributed by atoms with Crippen LogP contribution in [0.5, 0.6) is 0 Å². The zero-order chi connectivity index (χ0) is 10.8. The summed E-state index contributed by atoms with van der Waals surface area (Å²) in [5.41, 5.74) is 5.00. The van der Waals surface area contributed by atoms with Gasteiger partial charge in [-0.25, -0.2) is 4.98 Å². The van der Waals surface area contributed by atoms with E-state index in [9.17, 15) is 0 Å². The van der Waals surface area contributed by atoms with Gasteiger partial charge < -0.3 is 0 Å². The molecule has 0 atom stereocenters. The van der Waals surface area contributed by atoms with Gasteiger partial charge in [0.1, 0.15) is 4.60 Å². The average molecular weight is 262 g/mol. The molecule has 0 aliphatic rings. The molecule has 0 saturated carbocycles. The smallest absolute Gasteiger partial charge is 0.106 e. The highest BCUT2D eigenvalue weighted by Gasteiger charge is 2.01. The van der Waals surface area contributed by atoms with E-state index >= 15 is 0 Å². The molecule has 1 nitrogen and oxygen atoms in total. The van der Waals surface area contributed by atoms with Gasteiger partial charge in [0.15, 0.2) is 0 Å². The number of hydrogen-bond donors (Lipinski definition) is 0. The van der Waals surface area contributed by atoms with Gasteiger partial charge in [0.05, 0.1) is 0 Å². The number of rotatable bonds is 1. The van der Waals surface area contributed by atoms with Crippen LogP contribution >= 0.6 is 15.9 Å². The summed E-state index contributed by atoms with van der Waals surface area (Å²) in [7, 11) is 0. The molecule has 1 aromatic heterocycles. The van der Waals surface area contributed by atoms with Crippen molar-refractivity contribution in [3.05, 3.63) is 52.3 Å². The summed E-state index contributed by atoms with van der Waals surface area (Å²) in [5, 5.41) is 0. The van der Waals surface area contributed by atoms with Gasteiger partial charge >= 0.3 is 0 Å². The number of hydrogen-bond acceptors (Lipinski definition) is 1. The predicted molar refractivity (Wildman–Crippen MR) is 66.8 cm³/mol. The maximum atomic E-state index is 4.24. The minimum absolute atomic E-state index is 0.871. The fourth-order valence-electron chi connectivity index (χ4n) is 1.67. The van der Waals surface area contributed by atoms with E-state index in [2.05, 4.69) is 59.0 Å². The van der Waals surface area contributed by atoms with Gasteiger partial charge in [-0.3, -0.25) is 0 Å². The Morgan fingerprint density at radius 2 is 1.87 bits per heavy atom. The first-order chi connectivity index (χ1) is 7.16. The van der Waals surface area contributed by atoms with E-state index in [0.29, 0.717) is 0 Å². The van der Waals surface area contributed by atoms with Crippen LogP contribution in [0, 0.1) is 13.8 Å². The summed E-state index contributed by atoms with van der Waals surface area (Å²) in [4.78, 5) is 4.24. The van der Waals surface area contributed by atoms with Crippen molar-refractivity contribution in [1.82, 2.24) is 4.98 Å². The first kappa shape index (κ1) is 10.4. The van der Waals surface area contributed by atoms with Crippen molar-refractivity contribution in [3.63, 3.8) is 0 Å². The SMILES string of the molecule is Cc1ccc(-c2ccc(Br)nc2)c(C)c1. The van der Waals surface area contributed by atoms with E-state index < -0.39 is 0 Å². The van der Waals surface area contributed by atoms with Crippen LogP contribution in [-0.4, -0.2) is 4.98 Å². The summed E-state index contributed by atoms with van der Waals surface area (Å²) < 4.78 is 0.871. The molecule has 0 bridgehead atoms. The van der Waals surface area contributed by atoms with E-state index in [1.165, 1.54) is 16.7 Å². The molecule has 0 amide bonds. The van der Waals surface area contributed by atoms with Gasteiger partial charge in [-0.2, -0.15) is 0 Å². The lowest BCUT2D eigenvalue weighted by molar-refractivity contribution is 1.27. The lowest BCUT2D eigenvalue weighted by Crippen LogP contribution is -1.85. The quantitative estimate of drug-likeness (QED) is 0.704. The topological polar surface area (TPSA) is 12.9 Å². The molecule has 2 rings (SSSR count). The molecule has 0 saturated heterocycles. The highest BCUT2D eigenvalue weighted by atomic mass is 79.9. The maximum absolute atomic E-state index is 4.24. The highest BCUT2D eigenvalue weighted by Crippen LogP contribution is 2.24. The second kappa shape index (κ2) is 4.15. The Morgan fingerprint density at radius 1 is 1.07 bits per heavy atom. The van der Waals surface area contributed by atoms with E-state index in [4.69, 9.17) is 0 Å². The average Bonchev–Trinajstić information content (AvgIpc) is 2.20. The van der Waals surface area contributed by atoms with Crippen molar-refractivity contribution in [2.75, 3.05) is 0 Å². The maximum Gasteiger partial charge on any atom is 0.106 e. The zero-order valence-corrected chi connectivity index (χ0v) is 10.4. The van der Waals surface area contributed by atoms with Crippen LogP contribution in [0.1, 0.15) is 11.1 Å². The van der Waals surface area contributed by atoms with Gasteiger partial charge in [0, 0.05) is 11.8 Å². The standard InChI is InChI=1S/C13H12BrN/c1-9-3-5-12(10(2)7-9)11-4-6-13(14)15-8-11/h3-8H,1-2H3. The minimum atomic E-state index is 0.871. The van der Waals surface area contributed by atoms with Gasteiger partial charge in [0.25, 0.3) is 0 Å². The molecule has 76 valence electrons. The van der Waals surface area contributed by atoms with Gasteiger partial charge in [-0.15, -0.1) is 0 Å². The van der Waals surface area contributed by atoms with Gasteiger partial charge in [-0.05, 0) is 47.0 Å². The summed E-state index contributed by atoms with van der Waals surface area (Å²) in [6.45, 7) is 4.24. The molecule has 1 heterocycles. The minimum Gasteiger partial charge on any atom is -0.249 e. The fraction of sp³-hybridized carbons (Fsp3) is 0.154. The van der Waals surface area contributed by atoms with Crippen LogP contribution in [0.15, 0.2) is 41.1 Å². The van der Waals surface area contributed by atoms with Crippen LogP contribution in [0.3, 0.4) is 0 Å². The predicted octanol–water partition coefficient (Wildman–Crippen LogP) is 4.13. The van der Waals surface area contributed by atoms with Gasteiger partial charge in [0.2, 0.25) is 0 Å². The van der Waals surface area contributed by atoms with E-state index in [1.54, 1.807) is 0 Å². The van der Waals surface area contributed by atoms with Gasteiger partial charge in [-0.1, -0.05) is 29.8 Å². The number of aryl methyl sites for hydroxylation is 2. The van der Waals surface area contributed by atoms with Crippen molar-refractivity contribution >= 4 is 15.9 Å². The molecule has 0 fully saturated rings. The van der Waals surface area contributed by atoms with Crippen molar-refractivity contribution in [3.8, 4) is 11.1 Å². The number of halogens is 1. The Hall–Kier alpha value is -1.15. The molecule has 0 radical (unpaired) electrons. The molecule has 2 heteroatoms. The first-order valence-corrected chi connectivity index (χ1v) is 5.65. The van der Waals surface area contributed by atoms with Crippen LogP contribution < -0.4 is 0 Å². The van der Waals surface area contributed by atoms with Crippen LogP contribution in [-0.2, 0) is 0 Å². The molecule has 2 aromatic rings. The van der Waals surface area contributed by atoms with Crippen molar-refractivity contribution in [2.45, 2.75) is 13.8 Å². The molecular formula is C13H12BrN. The Morgan fingerprint density at radius 3 is 2.47 bits per heavy atom. The largest absolute Gasteiger partial charge is 0.249 e. The van der Waals surface area contributed by atoms with Crippen molar-refractivity contribution in [2.24, 2.45) is 0 Å². The molecule has 0 N–H and O–H groups in total. The summed E-state index contributed by atoms with van der Waals surface area (Å²) >= 11 is 3.34. The Bertz CT molecular complexity index is 474. The number of benzene rings is 1. The van der Waals surface area contributed by atoms with E-state index in [0.717, 1.165) is 10.2 Å². The fourth-order valence-corrected chi connectivity index (χ4v) is 1.91. The molecule has 0 unspecified atom stereocenters. The molecule has 0 aliphatic carbocycles. The highest BCUT2D eigenvalue weighted by molar-refractivity contribution is 9.10. The number of nitrogens with zero attached hydrogens (tertiary/aromatic N) is 1. The second-order valence-electron chi connectivity index (χ2n) is 3.69. The Labute approximate surface area is 98.3 Å². The second-order valence-corrected chi connectivity index (χ2v) is 4.50. The Kier molecular flexibility index (Phi) is 2.87. The van der Waals surface area contributed by atoms with E-state index in [-0.39, 0.29) is 0 Å². The summed E-state index contributed by atoms with van der Waals surface area (Å²) in [6.07, 6.45) is 1.89. The third-order valence-electron chi connectivity index (χ3n) is 2.42. The third kappa shape index (κ3) is 2.26. The zero-order valence-electron chi connectivity index (χ0n) is 8.79. The molecular weight excluding hydrogens is 250 g/mol. The lowest BCUT2D eigenvalue weighted by Gasteiger charge is -2.06. The van der Waals surface area contributed by atoms with E-state index in [1.807, 2.05) is 12.3 Å². The van der Waals surface area contributed by atoms with Crippen molar-refractivity contribution in [1.29, 1.82) is 0 Å². The monoisotopic (exact) mass is 261 g/mol. The van der Waals surface area contributed by atoms with Crippen LogP contribution in [0.4, 0.5) is 0 Å². The lowest BCUT2D eigenvalue weighted by atomic mass is 10.0. The summed E-state index contributed by atoms with van der Waals surface area (Å²) in [5.74, 6) is 0. The number of pyridine rings is 1.